The van der Waals surface area contributed by atoms with Gasteiger partial charge in [-0.1, -0.05) is 6.58 Å². The number of sulfonamides is 1. The molecule has 0 aliphatic carbocycles. The summed E-state index contributed by atoms with van der Waals surface area (Å²) in [5.41, 5.74) is 0. The first-order valence-corrected chi connectivity index (χ1v) is 4.00. The Kier molecular flexibility index (Phi) is 3.06. The highest BCUT2D eigenvalue weighted by molar-refractivity contribution is 7.92. The second-order valence-electron chi connectivity index (χ2n) is 1.65. The molecule has 0 spiro atoms. The Hall–Kier alpha value is -0.560. The molecule has 0 saturated heterocycles. The molecule has 0 bridgehead atoms. The van der Waals surface area contributed by atoms with Crippen LogP contribution in [0.25, 0.3) is 0 Å². The number of hydrogen-bond donors (Lipinski definition) is 1. The largest absolute Gasteiger partial charge is 0.402 e. The molecule has 0 aromatic rings. The van der Waals surface area contributed by atoms with Crippen LogP contribution in [0.5, 0.6) is 0 Å². The molecule has 0 aliphatic heterocycles. The molecule has 11 heavy (non-hydrogen) atoms. The average molecular weight is 189 g/mol. The fourth-order valence-corrected chi connectivity index (χ4v) is 0.724. The van der Waals surface area contributed by atoms with Crippen molar-refractivity contribution >= 4 is 10.0 Å². The molecule has 0 unspecified atom stereocenters. The maximum absolute atomic E-state index is 11.4. The normalized spacial score (nSPS) is 13.0. The number of hydrogen-bond acceptors (Lipinski definition) is 2. The third kappa shape index (κ3) is 5.86. The van der Waals surface area contributed by atoms with Gasteiger partial charge in [0.15, 0.2) is 0 Å². The van der Waals surface area contributed by atoms with Crippen molar-refractivity contribution in [3.05, 3.63) is 12.0 Å². The van der Waals surface area contributed by atoms with Crippen LogP contribution in [0, 0.1) is 0 Å². The molecule has 0 aromatic carbocycles. The van der Waals surface area contributed by atoms with Crippen LogP contribution < -0.4 is 4.72 Å². The molecule has 7 heteroatoms. The highest BCUT2D eigenvalue weighted by Crippen LogP contribution is 2.12. The predicted octanol–water partition coefficient (Wildman–Crippen LogP) is 0.612. The minimum absolute atomic E-state index is 0.415. The SMILES string of the molecule is C=CS(=O)(=O)NCC(F)(F)F. The lowest BCUT2D eigenvalue weighted by Gasteiger charge is -2.05. The van der Waals surface area contributed by atoms with Crippen LogP contribution in [-0.2, 0) is 10.0 Å². The van der Waals surface area contributed by atoms with E-state index in [9.17, 15) is 21.6 Å². The second kappa shape index (κ2) is 3.22. The lowest BCUT2D eigenvalue weighted by molar-refractivity contribution is -0.121. The van der Waals surface area contributed by atoms with Gasteiger partial charge in [-0.2, -0.15) is 13.2 Å². The van der Waals surface area contributed by atoms with Crippen molar-refractivity contribution < 1.29 is 21.6 Å². The van der Waals surface area contributed by atoms with Crippen LogP contribution in [0.3, 0.4) is 0 Å². The van der Waals surface area contributed by atoms with Crippen molar-refractivity contribution in [1.29, 1.82) is 0 Å². The van der Waals surface area contributed by atoms with Crippen molar-refractivity contribution in [3.8, 4) is 0 Å². The zero-order valence-electron chi connectivity index (χ0n) is 5.35. The van der Waals surface area contributed by atoms with Crippen molar-refractivity contribution in [3.63, 3.8) is 0 Å². The monoisotopic (exact) mass is 189 g/mol. The van der Waals surface area contributed by atoms with Crippen LogP contribution >= 0.6 is 0 Å². The van der Waals surface area contributed by atoms with Gasteiger partial charge >= 0.3 is 6.18 Å². The van der Waals surface area contributed by atoms with Gasteiger partial charge in [0.25, 0.3) is 0 Å². The summed E-state index contributed by atoms with van der Waals surface area (Å²) in [5.74, 6) is 0. The molecule has 0 aromatic heterocycles. The zero-order chi connectivity index (χ0) is 9.12. The molecule has 0 fully saturated rings. The Bertz CT molecular complexity index is 230. The van der Waals surface area contributed by atoms with Crippen molar-refractivity contribution in [2.45, 2.75) is 6.18 Å². The van der Waals surface area contributed by atoms with E-state index in [0.717, 1.165) is 0 Å². The van der Waals surface area contributed by atoms with E-state index in [4.69, 9.17) is 0 Å². The molecular weight excluding hydrogens is 183 g/mol. The van der Waals surface area contributed by atoms with Crippen molar-refractivity contribution in [2.24, 2.45) is 0 Å². The minimum atomic E-state index is -4.53. The van der Waals surface area contributed by atoms with E-state index in [1.54, 1.807) is 0 Å². The summed E-state index contributed by atoms with van der Waals surface area (Å²) in [6.07, 6.45) is -4.53. The van der Waals surface area contributed by atoms with Gasteiger partial charge in [-0.25, -0.2) is 13.1 Å². The summed E-state index contributed by atoms with van der Waals surface area (Å²) < 4.78 is 56.0. The van der Waals surface area contributed by atoms with Gasteiger partial charge in [-0.3, -0.25) is 0 Å². The van der Waals surface area contributed by atoms with Crippen molar-refractivity contribution in [2.75, 3.05) is 6.54 Å². The topological polar surface area (TPSA) is 46.2 Å². The molecule has 0 saturated carbocycles. The molecule has 66 valence electrons. The Morgan fingerprint density at radius 3 is 2.18 bits per heavy atom. The first kappa shape index (κ1) is 10.4. The summed E-state index contributed by atoms with van der Waals surface area (Å²) in [6.45, 7) is 1.25. The van der Waals surface area contributed by atoms with E-state index in [1.165, 1.54) is 4.72 Å². The third-order valence-electron chi connectivity index (χ3n) is 0.693. The molecule has 0 heterocycles. The highest BCUT2D eigenvalue weighted by atomic mass is 32.2. The quantitative estimate of drug-likeness (QED) is 0.707. The van der Waals surface area contributed by atoms with E-state index in [2.05, 4.69) is 6.58 Å². The molecule has 3 nitrogen and oxygen atoms in total. The predicted molar refractivity (Wildman–Crippen MR) is 33.2 cm³/mol. The maximum atomic E-state index is 11.4. The van der Waals surface area contributed by atoms with Gasteiger partial charge in [0, 0.05) is 5.41 Å². The summed E-state index contributed by atoms with van der Waals surface area (Å²) in [5, 5.41) is 0.415. The molecule has 0 atom stereocenters. The van der Waals surface area contributed by atoms with Crippen molar-refractivity contribution in [1.82, 2.24) is 4.72 Å². The highest BCUT2D eigenvalue weighted by Gasteiger charge is 2.28. The van der Waals surface area contributed by atoms with E-state index >= 15 is 0 Å². The lowest BCUT2D eigenvalue weighted by Crippen LogP contribution is -2.32. The summed E-state index contributed by atoms with van der Waals surface area (Å²) >= 11 is 0. The third-order valence-corrected chi connectivity index (χ3v) is 1.68. The number of alkyl halides is 3. The Balaban J connectivity index is 4.01. The number of rotatable bonds is 3. The average Bonchev–Trinajstić information content (AvgIpc) is 1.83. The molecule has 0 aliphatic rings. The van der Waals surface area contributed by atoms with E-state index in [0.29, 0.717) is 5.41 Å². The molecule has 0 amide bonds. The van der Waals surface area contributed by atoms with Crippen LogP contribution in [0.2, 0.25) is 0 Å². The second-order valence-corrected chi connectivity index (χ2v) is 3.36. The van der Waals surface area contributed by atoms with Gasteiger partial charge in [0.05, 0.1) is 0 Å². The standard InChI is InChI=1S/C4H6F3NO2S/c1-2-11(9,10)8-3-4(5,6)7/h2,8H,1,3H2. The molecular formula is C4H6F3NO2S. The summed E-state index contributed by atoms with van der Waals surface area (Å²) in [6, 6.07) is 0. The van der Waals surface area contributed by atoms with Crippen LogP contribution in [0.4, 0.5) is 13.2 Å². The zero-order valence-corrected chi connectivity index (χ0v) is 6.17. The fourth-order valence-electron chi connectivity index (χ4n) is 0.241. The van der Waals surface area contributed by atoms with Gasteiger partial charge in [0.2, 0.25) is 10.0 Å². The van der Waals surface area contributed by atoms with Gasteiger partial charge in [-0.05, 0) is 0 Å². The Morgan fingerprint density at radius 1 is 1.45 bits per heavy atom. The Morgan fingerprint density at radius 2 is 1.91 bits per heavy atom. The summed E-state index contributed by atoms with van der Waals surface area (Å²) in [4.78, 5) is 0. The maximum Gasteiger partial charge on any atom is 0.402 e. The smallest absolute Gasteiger partial charge is 0.208 e. The van der Waals surface area contributed by atoms with E-state index in [1.807, 2.05) is 0 Å². The first-order valence-electron chi connectivity index (χ1n) is 2.46. The van der Waals surface area contributed by atoms with Crippen LogP contribution in [0.1, 0.15) is 0 Å². The summed E-state index contributed by atoms with van der Waals surface area (Å²) in [7, 11) is -3.96. The first-order chi connectivity index (χ1) is 4.77. The minimum Gasteiger partial charge on any atom is -0.208 e. The molecule has 0 radical (unpaired) electrons. The number of nitrogens with one attached hydrogen (secondary N) is 1. The van der Waals surface area contributed by atoms with Gasteiger partial charge in [0.1, 0.15) is 6.54 Å². The molecule has 0 rings (SSSR count). The van der Waals surface area contributed by atoms with Crippen LogP contribution in [0.15, 0.2) is 12.0 Å². The molecule has 1 N–H and O–H groups in total. The van der Waals surface area contributed by atoms with E-state index < -0.39 is 22.7 Å². The Labute approximate surface area is 62.0 Å². The number of halogens is 3. The van der Waals surface area contributed by atoms with Crippen LogP contribution in [-0.4, -0.2) is 21.1 Å². The fraction of sp³-hybridized carbons (Fsp3) is 0.500. The van der Waals surface area contributed by atoms with Gasteiger partial charge in [-0.15, -0.1) is 0 Å². The lowest BCUT2D eigenvalue weighted by atomic mass is 10.7. The van der Waals surface area contributed by atoms with E-state index in [-0.39, 0.29) is 0 Å². The van der Waals surface area contributed by atoms with Gasteiger partial charge < -0.3 is 0 Å².